The van der Waals surface area contributed by atoms with Gasteiger partial charge in [0.1, 0.15) is 41.3 Å². The number of hydrogen-bond donors (Lipinski definition) is 4. The van der Waals surface area contributed by atoms with Gasteiger partial charge >= 0.3 is 0 Å². The Labute approximate surface area is 251 Å². The van der Waals surface area contributed by atoms with Crippen molar-refractivity contribution in [3.8, 4) is 23.0 Å². The molecule has 4 N–H and O–H groups in total. The number of nitrogens with zero attached hydrogens (tertiary/aromatic N) is 1. The number of aromatic hydroxyl groups is 2. The fourth-order valence-corrected chi connectivity index (χ4v) is 5.94. The molecule has 0 bridgehead atoms. The highest BCUT2D eigenvalue weighted by atomic mass is 35.5. The minimum Gasteiger partial charge on any atom is -0.508 e. The Morgan fingerprint density at radius 3 is 2.64 bits per heavy atom. The van der Waals surface area contributed by atoms with E-state index in [9.17, 15) is 20.1 Å². The van der Waals surface area contributed by atoms with Crippen molar-refractivity contribution in [2.24, 2.45) is 0 Å². The molecule has 0 unspecified atom stereocenters. The van der Waals surface area contributed by atoms with Crippen LogP contribution in [0.1, 0.15) is 61.5 Å². The van der Waals surface area contributed by atoms with Crippen molar-refractivity contribution in [1.29, 1.82) is 0 Å². The first-order chi connectivity index (χ1) is 20.0. The van der Waals surface area contributed by atoms with Crippen molar-refractivity contribution in [3.05, 3.63) is 76.3 Å². The molecule has 0 radical (unpaired) electrons. The molecule has 1 fully saturated rings. The minimum atomic E-state index is -0.810. The van der Waals surface area contributed by atoms with E-state index in [0.29, 0.717) is 17.3 Å². The number of phenolic OH excluding ortho intramolecular Hbond substituents is 2. The van der Waals surface area contributed by atoms with Crippen molar-refractivity contribution in [2.45, 2.75) is 63.6 Å². The first kappa shape index (κ1) is 30.0. The minimum absolute atomic E-state index is 0.0216. The van der Waals surface area contributed by atoms with Gasteiger partial charge in [-0.2, -0.15) is 0 Å². The lowest BCUT2D eigenvalue weighted by molar-refractivity contribution is -0.00200. The molecule has 0 aromatic heterocycles. The molecule has 2 heterocycles. The van der Waals surface area contributed by atoms with Crippen LogP contribution in [0, 0.1) is 0 Å². The van der Waals surface area contributed by atoms with Gasteiger partial charge in [0, 0.05) is 55.5 Å². The molecule has 224 valence electrons. The van der Waals surface area contributed by atoms with Gasteiger partial charge in [0.2, 0.25) is 0 Å². The molecule has 0 aliphatic carbocycles. The van der Waals surface area contributed by atoms with Gasteiger partial charge in [-0.1, -0.05) is 44.5 Å². The van der Waals surface area contributed by atoms with E-state index in [2.05, 4.69) is 10.2 Å². The van der Waals surface area contributed by atoms with Gasteiger partial charge in [0.05, 0.1) is 11.3 Å². The Morgan fingerprint density at radius 2 is 1.90 bits per heavy atom. The number of benzene rings is 3. The zero-order chi connectivity index (χ0) is 30.1. The van der Waals surface area contributed by atoms with Gasteiger partial charge in [-0.05, 0) is 53.8 Å². The lowest BCUT2D eigenvalue weighted by Gasteiger charge is -2.39. The normalized spacial score (nSPS) is 17.0. The van der Waals surface area contributed by atoms with Gasteiger partial charge < -0.3 is 35.0 Å². The van der Waals surface area contributed by atoms with Gasteiger partial charge in [0.25, 0.3) is 5.91 Å². The monoisotopic (exact) mass is 594 g/mol. The van der Waals surface area contributed by atoms with Crippen LogP contribution in [0.15, 0.2) is 54.6 Å². The smallest absolute Gasteiger partial charge is 0.259 e. The predicted molar refractivity (Wildman–Crippen MR) is 163 cm³/mol. The van der Waals surface area contributed by atoms with Crippen molar-refractivity contribution in [1.82, 2.24) is 4.90 Å². The molecule has 2 aliphatic rings. The second-order valence-corrected chi connectivity index (χ2v) is 12.5. The zero-order valence-electron chi connectivity index (χ0n) is 24.3. The third kappa shape index (κ3) is 6.46. The highest BCUT2D eigenvalue weighted by molar-refractivity contribution is 6.30. The summed E-state index contributed by atoms with van der Waals surface area (Å²) in [7, 11) is 0. The molecular weight excluding hydrogens is 556 g/mol. The molecule has 8 nitrogen and oxygen atoms in total. The Morgan fingerprint density at radius 1 is 1.14 bits per heavy atom. The number of aliphatic hydroxyl groups is 1. The quantitative estimate of drug-likeness (QED) is 0.228. The van der Waals surface area contributed by atoms with Crippen LogP contribution in [-0.2, 0) is 11.8 Å². The summed E-state index contributed by atoms with van der Waals surface area (Å²) in [5.74, 6) is 0.505. The Bertz CT molecular complexity index is 1450. The molecule has 1 saturated heterocycles. The average molecular weight is 595 g/mol. The molecular formula is C33H39ClN2O6. The fraction of sp³-hybridized carbons (Fsp3) is 0.424. The summed E-state index contributed by atoms with van der Waals surface area (Å²) in [4.78, 5) is 15.4. The summed E-state index contributed by atoms with van der Waals surface area (Å²) in [5, 5.41) is 35.2. The number of amides is 1. The Hall–Kier alpha value is -3.46. The van der Waals surface area contributed by atoms with Crippen molar-refractivity contribution >= 4 is 23.2 Å². The molecule has 1 atom stereocenters. The van der Waals surface area contributed by atoms with Crippen LogP contribution >= 0.6 is 11.6 Å². The van der Waals surface area contributed by atoms with E-state index in [0.717, 1.165) is 55.6 Å². The first-order valence-electron chi connectivity index (χ1n) is 14.5. The number of piperidine rings is 1. The number of aliphatic hydroxyl groups excluding tert-OH is 1. The van der Waals surface area contributed by atoms with Crippen LogP contribution in [0.25, 0.3) is 0 Å². The van der Waals surface area contributed by atoms with Crippen LogP contribution in [0.2, 0.25) is 5.02 Å². The zero-order valence-corrected chi connectivity index (χ0v) is 25.1. The van der Waals surface area contributed by atoms with Gasteiger partial charge in [-0.25, -0.2) is 0 Å². The number of likely N-dealkylation sites (tertiary alicyclic amines) is 1. The summed E-state index contributed by atoms with van der Waals surface area (Å²) in [6.07, 6.45) is 2.52. The highest BCUT2D eigenvalue weighted by Crippen LogP contribution is 2.42. The summed E-state index contributed by atoms with van der Waals surface area (Å²) in [6.45, 7) is 8.00. The molecule has 3 aromatic carbocycles. The molecule has 3 aromatic rings. The second-order valence-electron chi connectivity index (χ2n) is 12.1. The maximum atomic E-state index is 13.2. The number of nitrogens with one attached hydrogen (secondary N) is 1. The van der Waals surface area contributed by atoms with Crippen molar-refractivity contribution in [2.75, 3.05) is 31.6 Å². The maximum Gasteiger partial charge on any atom is 0.259 e. The number of carbonyl (C=O) groups is 1. The lowest BCUT2D eigenvalue weighted by Crippen LogP contribution is -2.49. The van der Waals surface area contributed by atoms with E-state index in [1.165, 1.54) is 18.2 Å². The summed E-state index contributed by atoms with van der Waals surface area (Å²) in [5.41, 5.74) is 1.85. The van der Waals surface area contributed by atoms with Crippen LogP contribution in [0.4, 0.5) is 5.69 Å². The van der Waals surface area contributed by atoms with E-state index >= 15 is 0 Å². The fourth-order valence-electron chi connectivity index (χ4n) is 5.75. The van der Waals surface area contributed by atoms with Gasteiger partial charge in [-0.3, -0.25) is 4.79 Å². The number of para-hydroxylation sites is 1. The van der Waals surface area contributed by atoms with Crippen molar-refractivity contribution in [3.63, 3.8) is 0 Å². The van der Waals surface area contributed by atoms with E-state index in [1.54, 1.807) is 12.1 Å². The van der Waals surface area contributed by atoms with Crippen LogP contribution in [0.5, 0.6) is 23.0 Å². The van der Waals surface area contributed by atoms with Crippen LogP contribution in [0.3, 0.4) is 0 Å². The number of fused-ring (bicyclic) bond motifs is 1. The van der Waals surface area contributed by atoms with E-state index < -0.39 is 12.0 Å². The highest BCUT2D eigenvalue weighted by Gasteiger charge is 2.42. The number of hydrogen-bond acceptors (Lipinski definition) is 7. The lowest BCUT2D eigenvalue weighted by atomic mass is 9.81. The molecule has 9 heteroatoms. The van der Waals surface area contributed by atoms with E-state index in [1.807, 2.05) is 45.0 Å². The number of rotatable bonds is 9. The summed E-state index contributed by atoms with van der Waals surface area (Å²) < 4.78 is 12.2. The number of anilines is 1. The third-order valence-corrected chi connectivity index (χ3v) is 8.87. The van der Waals surface area contributed by atoms with Gasteiger partial charge in [0.15, 0.2) is 0 Å². The molecule has 1 spiro atoms. The number of phenols is 2. The third-order valence-electron chi connectivity index (χ3n) is 8.64. The molecule has 0 saturated carbocycles. The van der Waals surface area contributed by atoms with Crippen LogP contribution in [-0.4, -0.2) is 64.1 Å². The Balaban J connectivity index is 1.17. The van der Waals surface area contributed by atoms with Crippen LogP contribution < -0.4 is 14.8 Å². The molecule has 2 aliphatic heterocycles. The van der Waals surface area contributed by atoms with E-state index in [4.69, 9.17) is 21.1 Å². The van der Waals surface area contributed by atoms with Gasteiger partial charge in [-0.15, -0.1) is 0 Å². The first-order valence-corrected chi connectivity index (χ1v) is 14.8. The summed E-state index contributed by atoms with van der Waals surface area (Å²) in [6, 6.07) is 15.2. The maximum absolute atomic E-state index is 13.2. The molecule has 1 amide bonds. The SMILES string of the molecule is CCC(C)(C)c1cccc(NC(=O)c2ccc(O)cc2OC[C@H](O)CN2CCC3(CC2)Cc2cc(Cl)ccc2O3)c1O. The number of carbonyl (C=O) groups excluding carboxylic acids is 1. The van der Waals surface area contributed by atoms with Crippen molar-refractivity contribution < 1.29 is 29.6 Å². The number of halogens is 1. The molecule has 42 heavy (non-hydrogen) atoms. The second kappa shape index (κ2) is 12.0. The standard InChI is InChI=1S/C33H39ClN2O6/c1-4-32(2,3)26-6-5-7-27(30(26)39)35-31(40)25-10-9-23(37)17-29(25)41-20-24(38)19-36-14-12-33(13-15-36)18-21-16-22(34)8-11-28(21)42-33/h5-11,16-17,24,37-39H,4,12-15,18-20H2,1-3H3,(H,35,40)/t24-/m1/s1. The number of β-amino-alcohol motifs (C(OH)–C–C–N with tert-alkyl or cyclic N) is 1. The Kier molecular flexibility index (Phi) is 8.60. The van der Waals surface area contributed by atoms with E-state index in [-0.39, 0.29) is 40.4 Å². The predicted octanol–water partition coefficient (Wildman–Crippen LogP) is 5.90. The summed E-state index contributed by atoms with van der Waals surface area (Å²) >= 11 is 6.16. The topological polar surface area (TPSA) is 111 Å². The molecule has 5 rings (SSSR count). The average Bonchev–Trinajstić information content (AvgIpc) is 3.31. The number of ether oxygens (including phenoxy) is 2. The largest absolute Gasteiger partial charge is 0.508 e.